The molecule has 30 heavy (non-hydrogen) atoms. The maximum atomic E-state index is 12.9. The summed E-state index contributed by atoms with van der Waals surface area (Å²) in [5, 5.41) is 2.80. The highest BCUT2D eigenvalue weighted by molar-refractivity contribution is 6.32. The molecule has 1 aliphatic rings. The molecule has 1 saturated heterocycles. The number of barbiturate groups is 1. The van der Waals surface area contributed by atoms with E-state index in [-0.39, 0.29) is 12.1 Å². The van der Waals surface area contributed by atoms with E-state index >= 15 is 0 Å². The average molecular weight is 424 g/mol. The predicted octanol–water partition coefficient (Wildman–Crippen LogP) is 4.00. The lowest BCUT2D eigenvalue weighted by atomic mass is 10.1. The first-order valence-electron chi connectivity index (χ1n) is 9.22. The number of rotatable bonds is 4. The molecule has 3 aromatic rings. The van der Waals surface area contributed by atoms with Crippen LogP contribution in [-0.2, 0) is 16.1 Å². The third-order valence-electron chi connectivity index (χ3n) is 4.94. The molecule has 7 nitrogen and oxygen atoms in total. The molecule has 4 rings (SSSR count). The molecule has 2 aromatic heterocycles. The van der Waals surface area contributed by atoms with Gasteiger partial charge < -0.3 is 8.98 Å². The van der Waals surface area contributed by atoms with Crippen molar-refractivity contribution in [2.75, 3.05) is 0 Å². The topological polar surface area (TPSA) is 84.6 Å². The molecule has 4 amide bonds. The van der Waals surface area contributed by atoms with Crippen molar-refractivity contribution in [1.29, 1.82) is 0 Å². The van der Waals surface area contributed by atoms with E-state index < -0.39 is 17.8 Å². The number of hydrogen-bond donors (Lipinski definition) is 1. The first-order valence-corrected chi connectivity index (χ1v) is 9.59. The average Bonchev–Trinajstić information content (AvgIpc) is 3.31. The van der Waals surface area contributed by atoms with Crippen molar-refractivity contribution in [3.05, 3.63) is 82.0 Å². The lowest BCUT2D eigenvalue weighted by molar-refractivity contribution is -0.130. The van der Waals surface area contributed by atoms with Gasteiger partial charge in [-0.2, -0.15) is 0 Å². The van der Waals surface area contributed by atoms with E-state index in [1.54, 1.807) is 18.2 Å². The van der Waals surface area contributed by atoms with Crippen molar-refractivity contribution in [2.24, 2.45) is 0 Å². The summed E-state index contributed by atoms with van der Waals surface area (Å²) in [5.41, 5.74) is 3.05. The van der Waals surface area contributed by atoms with Gasteiger partial charge in [0.05, 0.1) is 23.5 Å². The molecular formula is C22H18ClN3O4. The summed E-state index contributed by atoms with van der Waals surface area (Å²) in [4.78, 5) is 38.4. The van der Waals surface area contributed by atoms with Crippen LogP contribution < -0.4 is 5.32 Å². The second kappa shape index (κ2) is 7.68. The van der Waals surface area contributed by atoms with Gasteiger partial charge in [0.1, 0.15) is 11.3 Å². The molecule has 0 saturated carbocycles. The third kappa shape index (κ3) is 3.44. The highest BCUT2D eigenvalue weighted by Crippen LogP contribution is 2.28. The number of urea groups is 1. The van der Waals surface area contributed by atoms with Crippen LogP contribution in [0.15, 0.2) is 58.7 Å². The van der Waals surface area contributed by atoms with E-state index in [1.807, 2.05) is 42.7 Å². The number of imide groups is 2. The third-order valence-corrected chi connectivity index (χ3v) is 5.26. The lowest BCUT2D eigenvalue weighted by Crippen LogP contribution is -2.53. The number of halogens is 1. The molecule has 0 unspecified atom stereocenters. The Labute approximate surface area is 177 Å². The van der Waals surface area contributed by atoms with Crippen LogP contribution in [0.4, 0.5) is 4.79 Å². The molecule has 1 fully saturated rings. The van der Waals surface area contributed by atoms with Gasteiger partial charge >= 0.3 is 6.03 Å². The maximum Gasteiger partial charge on any atom is 0.331 e. The van der Waals surface area contributed by atoms with E-state index in [9.17, 15) is 14.4 Å². The number of nitrogens with zero attached hydrogens (tertiary/aromatic N) is 2. The number of para-hydroxylation sites is 1. The van der Waals surface area contributed by atoms with Crippen molar-refractivity contribution in [2.45, 2.75) is 20.4 Å². The van der Waals surface area contributed by atoms with Crippen LogP contribution in [0.25, 0.3) is 11.8 Å². The van der Waals surface area contributed by atoms with Crippen LogP contribution in [0.3, 0.4) is 0 Å². The van der Waals surface area contributed by atoms with E-state index in [4.69, 9.17) is 16.0 Å². The molecule has 0 radical (unpaired) electrons. The monoisotopic (exact) mass is 423 g/mol. The SMILES string of the molecule is Cc1cc(C=C2C(=O)NC(=O)N(Cc3ccco3)C2=O)c(C)n1-c1ccccc1Cl. The Morgan fingerprint density at radius 3 is 2.57 bits per heavy atom. The molecule has 0 bridgehead atoms. The molecule has 3 heterocycles. The van der Waals surface area contributed by atoms with Gasteiger partial charge in [-0.15, -0.1) is 0 Å². The Bertz CT molecular complexity index is 1190. The summed E-state index contributed by atoms with van der Waals surface area (Å²) in [5.74, 6) is -0.977. The van der Waals surface area contributed by atoms with Gasteiger partial charge in [0.2, 0.25) is 0 Å². The Hall–Kier alpha value is -3.58. The van der Waals surface area contributed by atoms with Crippen molar-refractivity contribution in [1.82, 2.24) is 14.8 Å². The molecular weight excluding hydrogens is 406 g/mol. The van der Waals surface area contributed by atoms with Crippen molar-refractivity contribution < 1.29 is 18.8 Å². The van der Waals surface area contributed by atoms with Crippen LogP contribution in [0, 0.1) is 13.8 Å². The fraction of sp³-hybridized carbons (Fsp3) is 0.136. The minimum Gasteiger partial charge on any atom is -0.467 e. The van der Waals surface area contributed by atoms with E-state index in [2.05, 4.69) is 5.32 Å². The molecule has 1 N–H and O–H groups in total. The molecule has 0 aliphatic carbocycles. The molecule has 0 spiro atoms. The van der Waals surface area contributed by atoms with Gasteiger partial charge in [0, 0.05) is 11.4 Å². The summed E-state index contributed by atoms with van der Waals surface area (Å²) in [7, 11) is 0. The number of hydrogen-bond acceptors (Lipinski definition) is 4. The number of aromatic nitrogens is 1. The zero-order valence-corrected chi connectivity index (χ0v) is 17.1. The molecule has 152 valence electrons. The predicted molar refractivity (Wildman–Crippen MR) is 111 cm³/mol. The zero-order valence-electron chi connectivity index (χ0n) is 16.3. The molecule has 8 heteroatoms. The summed E-state index contributed by atoms with van der Waals surface area (Å²) < 4.78 is 7.17. The summed E-state index contributed by atoms with van der Waals surface area (Å²) in [6.07, 6.45) is 2.95. The Morgan fingerprint density at radius 2 is 1.87 bits per heavy atom. The smallest absolute Gasteiger partial charge is 0.331 e. The van der Waals surface area contributed by atoms with Gasteiger partial charge in [-0.05, 0) is 55.8 Å². The van der Waals surface area contributed by atoms with Crippen LogP contribution >= 0.6 is 11.6 Å². The van der Waals surface area contributed by atoms with Gasteiger partial charge in [0.15, 0.2) is 0 Å². The van der Waals surface area contributed by atoms with Gasteiger partial charge in [-0.1, -0.05) is 23.7 Å². The van der Waals surface area contributed by atoms with Gasteiger partial charge in [0.25, 0.3) is 11.8 Å². The number of amides is 4. The van der Waals surface area contributed by atoms with Gasteiger partial charge in [-0.3, -0.25) is 19.8 Å². The van der Waals surface area contributed by atoms with Crippen LogP contribution in [0.1, 0.15) is 22.7 Å². The largest absolute Gasteiger partial charge is 0.467 e. The number of nitrogens with one attached hydrogen (secondary N) is 1. The van der Waals surface area contributed by atoms with Crippen LogP contribution in [0.5, 0.6) is 0 Å². The molecule has 0 atom stereocenters. The Morgan fingerprint density at radius 1 is 1.10 bits per heavy atom. The minimum atomic E-state index is -0.778. The standard InChI is InChI=1S/C22H18ClN3O4/c1-13-10-15(14(2)26(13)19-8-4-3-7-18(19)23)11-17-20(27)24-22(29)25(21(17)28)12-16-6-5-9-30-16/h3-11H,12H2,1-2H3,(H,24,27,29). The zero-order chi connectivity index (χ0) is 21.4. The van der Waals surface area contributed by atoms with Crippen molar-refractivity contribution in [3.8, 4) is 5.69 Å². The second-order valence-corrected chi connectivity index (χ2v) is 7.31. The van der Waals surface area contributed by atoms with E-state index in [1.165, 1.54) is 12.3 Å². The molecule has 1 aromatic carbocycles. The quantitative estimate of drug-likeness (QED) is 0.507. The number of aryl methyl sites for hydroxylation is 1. The van der Waals surface area contributed by atoms with Crippen LogP contribution in [0.2, 0.25) is 5.02 Å². The number of carbonyl (C=O) groups excluding carboxylic acids is 3. The maximum absolute atomic E-state index is 12.9. The summed E-state index contributed by atoms with van der Waals surface area (Å²) in [6.45, 7) is 3.72. The Balaban J connectivity index is 1.72. The number of carbonyl (C=O) groups is 3. The van der Waals surface area contributed by atoms with Crippen molar-refractivity contribution >= 4 is 35.5 Å². The normalized spacial score (nSPS) is 15.8. The first-order chi connectivity index (χ1) is 14.4. The fourth-order valence-electron chi connectivity index (χ4n) is 3.49. The minimum absolute atomic E-state index is 0.0685. The number of furan rings is 1. The van der Waals surface area contributed by atoms with Gasteiger partial charge in [-0.25, -0.2) is 4.79 Å². The summed E-state index contributed by atoms with van der Waals surface area (Å²) >= 11 is 6.35. The highest BCUT2D eigenvalue weighted by atomic mass is 35.5. The summed E-state index contributed by atoms with van der Waals surface area (Å²) in [6, 6.07) is 11.8. The molecule has 1 aliphatic heterocycles. The number of benzene rings is 1. The first kappa shape index (κ1) is 19.7. The highest BCUT2D eigenvalue weighted by Gasteiger charge is 2.36. The van der Waals surface area contributed by atoms with Crippen molar-refractivity contribution in [3.63, 3.8) is 0 Å². The Kier molecular flexibility index (Phi) is 5.05. The second-order valence-electron chi connectivity index (χ2n) is 6.90. The van der Waals surface area contributed by atoms with E-state index in [0.29, 0.717) is 16.3 Å². The van der Waals surface area contributed by atoms with E-state index in [0.717, 1.165) is 22.0 Å². The van der Waals surface area contributed by atoms with Crippen LogP contribution in [-0.4, -0.2) is 27.3 Å². The lowest BCUT2D eigenvalue weighted by Gasteiger charge is -2.25. The fourth-order valence-corrected chi connectivity index (χ4v) is 3.71.